The van der Waals surface area contributed by atoms with Gasteiger partial charge in [0.15, 0.2) is 0 Å². The minimum Gasteiger partial charge on any atom is -0.354 e. The molecule has 214 valence electrons. The third-order valence-electron chi connectivity index (χ3n) is 6.75. The average molecular weight is 564 g/mol. The Kier molecular flexibility index (Phi) is 11.3. The highest BCUT2D eigenvalue weighted by Gasteiger charge is 2.31. The lowest BCUT2D eigenvalue weighted by Gasteiger charge is -2.32. The molecule has 0 bridgehead atoms. The fourth-order valence-corrected chi connectivity index (χ4v) is 5.51. The van der Waals surface area contributed by atoms with Crippen LogP contribution in [0.4, 0.5) is 5.69 Å². The zero-order chi connectivity index (χ0) is 29.1. The van der Waals surface area contributed by atoms with Crippen molar-refractivity contribution in [2.75, 3.05) is 23.7 Å². The molecule has 0 heterocycles. The molecule has 1 unspecified atom stereocenters. The fraction of sp³-hybridized carbons (Fsp3) is 0.375. The first-order valence-electron chi connectivity index (χ1n) is 13.7. The van der Waals surface area contributed by atoms with E-state index in [-0.39, 0.29) is 37.2 Å². The van der Waals surface area contributed by atoms with E-state index in [1.165, 1.54) is 10.6 Å². The van der Waals surface area contributed by atoms with Crippen molar-refractivity contribution in [3.63, 3.8) is 0 Å². The van der Waals surface area contributed by atoms with Gasteiger partial charge in [0.25, 0.3) is 0 Å². The molecule has 0 aliphatic rings. The highest BCUT2D eigenvalue weighted by Crippen LogP contribution is 2.21. The van der Waals surface area contributed by atoms with Gasteiger partial charge in [-0.15, -0.1) is 0 Å². The molecular weight excluding hydrogens is 522 g/mol. The molecule has 0 aliphatic heterocycles. The summed E-state index contributed by atoms with van der Waals surface area (Å²) >= 11 is 0. The van der Waals surface area contributed by atoms with Crippen LogP contribution in [0.5, 0.6) is 0 Å². The molecule has 7 nitrogen and oxygen atoms in total. The Labute approximate surface area is 239 Å². The van der Waals surface area contributed by atoms with Crippen LogP contribution in [-0.4, -0.2) is 50.5 Å². The minimum atomic E-state index is -3.53. The molecule has 3 rings (SSSR count). The molecule has 0 saturated heterocycles. The summed E-state index contributed by atoms with van der Waals surface area (Å²) in [7, 11) is -3.53. The second kappa shape index (κ2) is 14.7. The predicted molar refractivity (Wildman–Crippen MR) is 161 cm³/mol. The number of aryl methyl sites for hydroxylation is 1. The van der Waals surface area contributed by atoms with Crippen LogP contribution >= 0.6 is 0 Å². The van der Waals surface area contributed by atoms with Gasteiger partial charge in [0.05, 0.1) is 11.9 Å². The predicted octanol–water partition coefficient (Wildman–Crippen LogP) is 4.95. The zero-order valence-corrected chi connectivity index (χ0v) is 24.7. The van der Waals surface area contributed by atoms with E-state index in [1.807, 2.05) is 81.4 Å². The van der Waals surface area contributed by atoms with Gasteiger partial charge >= 0.3 is 0 Å². The van der Waals surface area contributed by atoms with Gasteiger partial charge in [-0.25, -0.2) is 8.42 Å². The van der Waals surface area contributed by atoms with Crippen molar-refractivity contribution in [3.8, 4) is 0 Å². The largest absolute Gasteiger partial charge is 0.354 e. The Balaban J connectivity index is 1.88. The highest BCUT2D eigenvalue weighted by atomic mass is 32.2. The SMILES string of the molecule is Cc1ccccc1CN(C(=O)CCCN(c1ccccc1)S(C)(=O)=O)C(Cc1ccccc1)C(=O)NCC(C)C. The van der Waals surface area contributed by atoms with E-state index in [0.29, 0.717) is 25.1 Å². The van der Waals surface area contributed by atoms with Crippen molar-refractivity contribution < 1.29 is 18.0 Å². The van der Waals surface area contributed by atoms with Gasteiger partial charge < -0.3 is 10.2 Å². The summed E-state index contributed by atoms with van der Waals surface area (Å²) in [6, 6.07) is 25.7. The summed E-state index contributed by atoms with van der Waals surface area (Å²) in [5.41, 5.74) is 3.52. The molecule has 0 aromatic heterocycles. The lowest BCUT2D eigenvalue weighted by atomic mass is 10.0. The van der Waals surface area contributed by atoms with E-state index in [2.05, 4.69) is 5.32 Å². The third kappa shape index (κ3) is 9.23. The Morgan fingerprint density at radius 3 is 2.08 bits per heavy atom. The van der Waals surface area contributed by atoms with Crippen LogP contribution in [0, 0.1) is 12.8 Å². The summed E-state index contributed by atoms with van der Waals surface area (Å²) in [6.07, 6.45) is 1.97. The van der Waals surface area contributed by atoms with E-state index in [0.717, 1.165) is 16.7 Å². The summed E-state index contributed by atoms with van der Waals surface area (Å²) in [6.45, 7) is 7.01. The second-order valence-corrected chi connectivity index (χ2v) is 12.5. The first-order chi connectivity index (χ1) is 19.1. The third-order valence-corrected chi connectivity index (χ3v) is 7.95. The number of anilines is 1. The summed E-state index contributed by atoms with van der Waals surface area (Å²) < 4.78 is 26.4. The number of hydrogen-bond acceptors (Lipinski definition) is 4. The van der Waals surface area contributed by atoms with E-state index >= 15 is 0 Å². The molecule has 0 radical (unpaired) electrons. The molecule has 8 heteroatoms. The van der Waals surface area contributed by atoms with Gasteiger partial charge in [-0.3, -0.25) is 13.9 Å². The number of rotatable bonds is 14. The average Bonchev–Trinajstić information content (AvgIpc) is 2.92. The Morgan fingerprint density at radius 2 is 1.48 bits per heavy atom. The topological polar surface area (TPSA) is 86.8 Å². The van der Waals surface area contributed by atoms with E-state index in [9.17, 15) is 18.0 Å². The monoisotopic (exact) mass is 563 g/mol. The number of nitrogens with one attached hydrogen (secondary N) is 1. The van der Waals surface area contributed by atoms with Crippen LogP contribution in [-0.2, 0) is 32.6 Å². The van der Waals surface area contributed by atoms with Gasteiger partial charge in [0.1, 0.15) is 6.04 Å². The smallest absolute Gasteiger partial charge is 0.243 e. The van der Waals surface area contributed by atoms with Crippen molar-refractivity contribution in [1.82, 2.24) is 10.2 Å². The van der Waals surface area contributed by atoms with Crippen LogP contribution in [0.2, 0.25) is 0 Å². The van der Waals surface area contributed by atoms with Gasteiger partial charge in [-0.05, 0) is 48.1 Å². The lowest BCUT2D eigenvalue weighted by Crippen LogP contribution is -2.51. The number of nitrogens with zero attached hydrogens (tertiary/aromatic N) is 2. The number of sulfonamides is 1. The number of amides is 2. The molecule has 1 N–H and O–H groups in total. The minimum absolute atomic E-state index is 0.105. The second-order valence-electron chi connectivity index (χ2n) is 10.6. The van der Waals surface area contributed by atoms with Crippen LogP contribution in [0.25, 0.3) is 0 Å². The van der Waals surface area contributed by atoms with Crippen LogP contribution < -0.4 is 9.62 Å². The maximum absolute atomic E-state index is 13.9. The Morgan fingerprint density at radius 1 is 0.875 bits per heavy atom. The van der Waals surface area contributed by atoms with E-state index < -0.39 is 16.1 Å². The standard InChI is InChI=1S/C32H41N3O4S/c1-25(2)23-33-32(37)30(22-27-15-7-5-8-16-27)34(24-28-17-12-11-14-26(28)3)31(36)20-13-21-35(40(4,38)39)29-18-9-6-10-19-29/h5-12,14-19,25,30H,13,20-24H2,1-4H3,(H,33,37). The van der Waals surface area contributed by atoms with Crippen molar-refractivity contribution >= 4 is 27.5 Å². The quantitative estimate of drug-likeness (QED) is 0.301. The van der Waals surface area contributed by atoms with Crippen molar-refractivity contribution in [2.45, 2.75) is 52.6 Å². The van der Waals surface area contributed by atoms with Crippen LogP contribution in [0.3, 0.4) is 0 Å². The molecule has 1 atom stereocenters. The van der Waals surface area contributed by atoms with Crippen molar-refractivity contribution in [2.24, 2.45) is 5.92 Å². The van der Waals surface area contributed by atoms with Crippen LogP contribution in [0.1, 0.15) is 43.4 Å². The Hall–Kier alpha value is -3.65. The van der Waals surface area contributed by atoms with Gasteiger partial charge in [-0.2, -0.15) is 0 Å². The fourth-order valence-electron chi connectivity index (χ4n) is 4.55. The molecule has 3 aromatic rings. The number of benzene rings is 3. The van der Waals surface area contributed by atoms with Gasteiger partial charge in [0, 0.05) is 32.5 Å². The molecule has 40 heavy (non-hydrogen) atoms. The highest BCUT2D eigenvalue weighted by molar-refractivity contribution is 7.92. The zero-order valence-electron chi connectivity index (χ0n) is 23.9. The van der Waals surface area contributed by atoms with E-state index in [1.54, 1.807) is 29.2 Å². The summed E-state index contributed by atoms with van der Waals surface area (Å²) in [5.74, 6) is -0.117. The number of para-hydroxylation sites is 1. The molecule has 0 fully saturated rings. The number of carbonyl (C=O) groups is 2. The van der Waals surface area contributed by atoms with Crippen LogP contribution in [0.15, 0.2) is 84.9 Å². The first-order valence-corrected chi connectivity index (χ1v) is 15.6. The molecule has 0 aliphatic carbocycles. The normalized spacial score (nSPS) is 12.1. The molecule has 0 spiro atoms. The Bertz CT molecular complexity index is 1340. The first kappa shape index (κ1) is 30.9. The number of hydrogen-bond donors (Lipinski definition) is 1. The molecule has 3 aromatic carbocycles. The lowest BCUT2D eigenvalue weighted by molar-refractivity contribution is -0.141. The molecule has 2 amide bonds. The maximum atomic E-state index is 13.9. The molecule has 0 saturated carbocycles. The van der Waals surface area contributed by atoms with Gasteiger partial charge in [0.2, 0.25) is 21.8 Å². The summed E-state index contributed by atoms with van der Waals surface area (Å²) in [4.78, 5) is 29.1. The van der Waals surface area contributed by atoms with E-state index in [4.69, 9.17) is 0 Å². The van der Waals surface area contributed by atoms with Crippen molar-refractivity contribution in [1.29, 1.82) is 0 Å². The summed E-state index contributed by atoms with van der Waals surface area (Å²) in [5, 5.41) is 3.03. The van der Waals surface area contributed by atoms with Crippen molar-refractivity contribution in [3.05, 3.63) is 102 Å². The number of carbonyl (C=O) groups excluding carboxylic acids is 2. The molecular formula is C32H41N3O4S. The maximum Gasteiger partial charge on any atom is 0.243 e. The van der Waals surface area contributed by atoms with Gasteiger partial charge in [-0.1, -0.05) is 86.6 Å².